The number of hydrogen-bond acceptors (Lipinski definition) is 5. The fraction of sp³-hybridized carbons (Fsp3) is 0.583. The molecule has 0 aliphatic rings. The fourth-order valence-electron chi connectivity index (χ4n) is 1.52. The van der Waals surface area contributed by atoms with Gasteiger partial charge in [0.1, 0.15) is 0 Å². The van der Waals surface area contributed by atoms with Gasteiger partial charge in [0.15, 0.2) is 0 Å². The quantitative estimate of drug-likeness (QED) is 0.618. The van der Waals surface area contributed by atoms with Gasteiger partial charge < -0.3 is 10.4 Å². The summed E-state index contributed by atoms with van der Waals surface area (Å²) in [5.74, 6) is -0.289. The van der Waals surface area contributed by atoms with E-state index >= 15 is 0 Å². The molecular formula is C12H18N2O4S. The molecule has 2 unspecified atom stereocenters. The second-order valence-electron chi connectivity index (χ2n) is 4.47. The largest absolute Gasteiger partial charge is 0.391 e. The van der Waals surface area contributed by atoms with Gasteiger partial charge in [-0.2, -0.15) is 0 Å². The van der Waals surface area contributed by atoms with Gasteiger partial charge in [0.25, 0.3) is 11.6 Å². The highest BCUT2D eigenvalue weighted by Crippen LogP contribution is 2.27. The van der Waals surface area contributed by atoms with Gasteiger partial charge in [-0.1, -0.05) is 20.3 Å². The molecule has 0 saturated carbocycles. The van der Waals surface area contributed by atoms with Crippen molar-refractivity contribution >= 4 is 22.9 Å². The maximum absolute atomic E-state index is 11.8. The lowest BCUT2D eigenvalue weighted by molar-refractivity contribution is -0.385. The molecule has 0 radical (unpaired) electrons. The minimum absolute atomic E-state index is 0.0439. The van der Waals surface area contributed by atoms with Gasteiger partial charge in [0.05, 0.1) is 20.8 Å². The number of nitrogens with zero attached hydrogens (tertiary/aromatic N) is 1. The van der Waals surface area contributed by atoms with Gasteiger partial charge in [-0.3, -0.25) is 14.9 Å². The van der Waals surface area contributed by atoms with E-state index in [-0.39, 0.29) is 24.1 Å². The highest BCUT2D eigenvalue weighted by Gasteiger charge is 2.20. The maximum Gasteiger partial charge on any atom is 0.283 e. The summed E-state index contributed by atoms with van der Waals surface area (Å²) >= 11 is 1.08. The number of carbonyl (C=O) groups is 1. The van der Waals surface area contributed by atoms with E-state index in [4.69, 9.17) is 0 Å². The van der Waals surface area contributed by atoms with Gasteiger partial charge in [-0.15, -0.1) is 11.3 Å². The molecule has 1 amide bonds. The lowest BCUT2D eigenvalue weighted by atomic mass is 10.0. The van der Waals surface area contributed by atoms with Crippen molar-refractivity contribution in [2.24, 2.45) is 5.92 Å². The molecule has 0 spiro atoms. The Kier molecular flexibility index (Phi) is 5.44. The van der Waals surface area contributed by atoms with Crippen LogP contribution in [0.2, 0.25) is 0 Å². The second-order valence-corrected chi connectivity index (χ2v) is 5.73. The maximum atomic E-state index is 11.8. The number of thiophene rings is 1. The van der Waals surface area contributed by atoms with Crippen LogP contribution in [-0.4, -0.2) is 28.6 Å². The number of amides is 1. The minimum atomic E-state index is -0.606. The van der Waals surface area contributed by atoms with Crippen molar-refractivity contribution < 1.29 is 14.8 Å². The van der Waals surface area contributed by atoms with Gasteiger partial charge >= 0.3 is 0 Å². The zero-order chi connectivity index (χ0) is 14.6. The van der Waals surface area contributed by atoms with Gasteiger partial charge in [-0.25, -0.2) is 0 Å². The molecule has 0 aliphatic carbocycles. The summed E-state index contributed by atoms with van der Waals surface area (Å²) in [5, 5.41) is 23.0. The van der Waals surface area contributed by atoms with Crippen LogP contribution < -0.4 is 5.32 Å². The summed E-state index contributed by atoms with van der Waals surface area (Å²) in [7, 11) is 0. The summed E-state index contributed by atoms with van der Waals surface area (Å²) in [6.45, 7) is 5.62. The van der Waals surface area contributed by atoms with Crippen LogP contribution in [0.5, 0.6) is 0 Å². The van der Waals surface area contributed by atoms with Crippen molar-refractivity contribution in [1.82, 2.24) is 5.32 Å². The van der Waals surface area contributed by atoms with E-state index in [1.165, 1.54) is 6.07 Å². The molecule has 1 aromatic heterocycles. The molecule has 1 aromatic rings. The minimum Gasteiger partial charge on any atom is -0.391 e. The molecule has 0 fully saturated rings. The molecule has 0 aromatic carbocycles. The van der Waals surface area contributed by atoms with E-state index in [2.05, 4.69) is 5.32 Å². The van der Waals surface area contributed by atoms with Crippen molar-refractivity contribution in [3.8, 4) is 0 Å². The Labute approximate surface area is 115 Å². The van der Waals surface area contributed by atoms with Crippen LogP contribution in [0.4, 0.5) is 5.69 Å². The monoisotopic (exact) mass is 286 g/mol. The zero-order valence-electron chi connectivity index (χ0n) is 11.2. The second kappa shape index (κ2) is 6.63. The van der Waals surface area contributed by atoms with Crippen LogP contribution in [0.3, 0.4) is 0 Å². The van der Waals surface area contributed by atoms with Crippen molar-refractivity contribution in [3.63, 3.8) is 0 Å². The Balaban J connectivity index is 2.64. The van der Waals surface area contributed by atoms with Crippen molar-refractivity contribution in [3.05, 3.63) is 25.9 Å². The molecule has 106 valence electrons. The van der Waals surface area contributed by atoms with Crippen LogP contribution in [0.15, 0.2) is 6.07 Å². The van der Waals surface area contributed by atoms with E-state index in [9.17, 15) is 20.0 Å². The molecule has 7 heteroatoms. The predicted molar refractivity (Wildman–Crippen MR) is 73.5 cm³/mol. The van der Waals surface area contributed by atoms with E-state index in [0.29, 0.717) is 9.75 Å². The standard InChI is InChI=1S/C12H18N2O4S/c1-4-7(2)10(15)6-13-12(16)11-5-9(14(17)18)8(3)19-11/h5,7,10,15H,4,6H2,1-3H3,(H,13,16). The van der Waals surface area contributed by atoms with Crippen LogP contribution in [0.1, 0.15) is 34.8 Å². The topological polar surface area (TPSA) is 92.5 Å². The number of nitro groups is 1. The highest BCUT2D eigenvalue weighted by atomic mass is 32.1. The van der Waals surface area contributed by atoms with E-state index < -0.39 is 11.0 Å². The predicted octanol–water partition coefficient (Wildman–Crippen LogP) is 2.10. The third-order valence-electron chi connectivity index (χ3n) is 3.08. The average molecular weight is 286 g/mol. The lowest BCUT2D eigenvalue weighted by Crippen LogP contribution is -2.35. The highest BCUT2D eigenvalue weighted by molar-refractivity contribution is 7.14. The molecule has 0 saturated heterocycles. The molecule has 0 bridgehead atoms. The molecule has 1 rings (SSSR count). The summed E-state index contributed by atoms with van der Waals surface area (Å²) in [6.07, 6.45) is 0.214. The zero-order valence-corrected chi connectivity index (χ0v) is 12.0. The fourth-order valence-corrected chi connectivity index (χ4v) is 2.43. The number of nitrogens with one attached hydrogen (secondary N) is 1. The average Bonchev–Trinajstić information content (AvgIpc) is 2.76. The van der Waals surface area contributed by atoms with E-state index in [1.54, 1.807) is 6.92 Å². The Bertz CT molecular complexity index is 472. The van der Waals surface area contributed by atoms with Crippen molar-refractivity contribution in [2.75, 3.05) is 6.54 Å². The van der Waals surface area contributed by atoms with E-state index in [1.807, 2.05) is 13.8 Å². The number of aliphatic hydroxyl groups is 1. The van der Waals surface area contributed by atoms with Crippen molar-refractivity contribution in [1.29, 1.82) is 0 Å². The first-order valence-electron chi connectivity index (χ1n) is 6.07. The van der Waals surface area contributed by atoms with Crippen LogP contribution in [0.25, 0.3) is 0 Å². The molecule has 2 atom stereocenters. The van der Waals surface area contributed by atoms with E-state index in [0.717, 1.165) is 17.8 Å². The Morgan fingerprint density at radius 1 is 1.63 bits per heavy atom. The summed E-state index contributed by atoms with van der Waals surface area (Å²) in [4.78, 5) is 22.8. The van der Waals surface area contributed by atoms with Crippen molar-refractivity contribution in [2.45, 2.75) is 33.3 Å². The normalized spacial score (nSPS) is 13.9. The number of aliphatic hydroxyl groups excluding tert-OH is 1. The third-order valence-corrected chi connectivity index (χ3v) is 4.12. The van der Waals surface area contributed by atoms with Crippen LogP contribution in [0, 0.1) is 23.0 Å². The number of rotatable bonds is 6. The first kappa shape index (κ1) is 15.6. The van der Waals surface area contributed by atoms with Crippen LogP contribution in [-0.2, 0) is 0 Å². The third kappa shape index (κ3) is 4.00. The molecule has 2 N–H and O–H groups in total. The van der Waals surface area contributed by atoms with Gasteiger partial charge in [0, 0.05) is 12.6 Å². The summed E-state index contributed by atoms with van der Waals surface area (Å²) in [5.41, 5.74) is -0.0439. The number of carbonyl (C=O) groups excluding carboxylic acids is 1. The smallest absolute Gasteiger partial charge is 0.283 e. The number of aryl methyl sites for hydroxylation is 1. The summed E-state index contributed by atoms with van der Waals surface area (Å²) in [6, 6.07) is 1.27. The SMILES string of the molecule is CCC(C)C(O)CNC(=O)c1cc([N+](=O)[O-])c(C)s1. The summed E-state index contributed by atoms with van der Waals surface area (Å²) < 4.78 is 0. The first-order chi connectivity index (χ1) is 8.86. The molecule has 1 heterocycles. The van der Waals surface area contributed by atoms with Crippen LogP contribution >= 0.6 is 11.3 Å². The Hall–Kier alpha value is -1.47. The molecule has 6 nitrogen and oxygen atoms in total. The first-order valence-corrected chi connectivity index (χ1v) is 6.89. The lowest BCUT2D eigenvalue weighted by Gasteiger charge is -2.17. The molecule has 0 aliphatic heterocycles. The number of hydrogen-bond donors (Lipinski definition) is 2. The van der Waals surface area contributed by atoms with Gasteiger partial charge in [-0.05, 0) is 12.8 Å². The molecule has 19 heavy (non-hydrogen) atoms. The molecular weight excluding hydrogens is 268 g/mol. The Morgan fingerprint density at radius 3 is 2.74 bits per heavy atom. The van der Waals surface area contributed by atoms with Gasteiger partial charge in [0.2, 0.25) is 0 Å². The Morgan fingerprint density at radius 2 is 2.26 bits per heavy atom.